The second kappa shape index (κ2) is 9.63. The molecule has 1 amide bonds. The van der Waals surface area contributed by atoms with Gasteiger partial charge in [-0.25, -0.2) is 0 Å². The van der Waals surface area contributed by atoms with E-state index in [-0.39, 0.29) is 24.3 Å². The summed E-state index contributed by atoms with van der Waals surface area (Å²) < 4.78 is 6.01. The van der Waals surface area contributed by atoms with Gasteiger partial charge in [0.1, 0.15) is 0 Å². The average molecular weight is 422 g/mol. The molecule has 0 radical (unpaired) electrons. The van der Waals surface area contributed by atoms with Crippen LogP contribution in [-0.2, 0) is 14.3 Å². The Labute approximate surface area is 160 Å². The molecule has 0 aliphatic rings. The number of rotatable bonds is 7. The minimum Gasteiger partial charge on any atom is -0.455 e. The molecule has 0 heterocycles. The smallest absolute Gasteiger partial charge is 0.316 e. The normalized spacial score (nSPS) is 11.6. The molecule has 0 unspecified atom stereocenters. The lowest BCUT2D eigenvalue weighted by atomic mass is 10.1. The van der Waals surface area contributed by atoms with Crippen LogP contribution in [0.2, 0.25) is 0 Å². The van der Waals surface area contributed by atoms with E-state index in [1.165, 1.54) is 17.3 Å². The zero-order chi connectivity index (χ0) is 18.2. The minimum atomic E-state index is -0.406. The maximum absolute atomic E-state index is 11.9. The van der Waals surface area contributed by atoms with E-state index in [0.29, 0.717) is 0 Å². The summed E-state index contributed by atoms with van der Waals surface area (Å²) in [5.74, 6) is -0.542. The van der Waals surface area contributed by atoms with Crippen molar-refractivity contribution in [2.45, 2.75) is 24.8 Å². The summed E-state index contributed by atoms with van der Waals surface area (Å²) in [5.41, 5.74) is 2.15. The van der Waals surface area contributed by atoms with Gasteiger partial charge in [0.25, 0.3) is 5.91 Å². The number of nitrogens with one attached hydrogen (secondary N) is 1. The maximum atomic E-state index is 11.9. The Morgan fingerprint density at radius 2 is 1.76 bits per heavy atom. The summed E-state index contributed by atoms with van der Waals surface area (Å²) in [4.78, 5) is 24.7. The number of carbonyl (C=O) groups is 2. The third kappa shape index (κ3) is 6.92. The average Bonchev–Trinajstić information content (AvgIpc) is 2.60. The van der Waals surface area contributed by atoms with E-state index in [4.69, 9.17) is 4.74 Å². The SMILES string of the molecule is Cc1ccc(SCC(=O)OCC(=O)N[C@@H](C)c2ccc(Br)cc2)cc1. The zero-order valence-corrected chi connectivity index (χ0v) is 16.5. The van der Waals surface area contributed by atoms with E-state index in [1.807, 2.05) is 62.4 Å². The van der Waals surface area contributed by atoms with Crippen LogP contribution in [0.15, 0.2) is 57.9 Å². The number of esters is 1. The fraction of sp³-hybridized carbons (Fsp3) is 0.263. The van der Waals surface area contributed by atoms with Crippen LogP contribution in [0.5, 0.6) is 0 Å². The van der Waals surface area contributed by atoms with E-state index in [9.17, 15) is 9.59 Å². The number of hydrogen-bond acceptors (Lipinski definition) is 4. The van der Waals surface area contributed by atoms with Gasteiger partial charge in [0.2, 0.25) is 0 Å². The third-order valence-electron chi connectivity index (χ3n) is 3.49. The van der Waals surface area contributed by atoms with Crippen LogP contribution in [0.4, 0.5) is 0 Å². The summed E-state index contributed by atoms with van der Waals surface area (Å²) in [6.07, 6.45) is 0. The van der Waals surface area contributed by atoms with Gasteiger partial charge in [0.05, 0.1) is 11.8 Å². The van der Waals surface area contributed by atoms with E-state index >= 15 is 0 Å². The number of halogens is 1. The van der Waals surface area contributed by atoms with Crippen LogP contribution >= 0.6 is 27.7 Å². The number of benzene rings is 2. The Morgan fingerprint density at radius 1 is 1.12 bits per heavy atom. The molecule has 0 saturated heterocycles. The van der Waals surface area contributed by atoms with Crippen LogP contribution in [0.1, 0.15) is 24.1 Å². The minimum absolute atomic E-state index is 0.152. The van der Waals surface area contributed by atoms with E-state index in [2.05, 4.69) is 21.2 Å². The van der Waals surface area contributed by atoms with Gasteiger partial charge in [-0.3, -0.25) is 9.59 Å². The van der Waals surface area contributed by atoms with E-state index < -0.39 is 5.97 Å². The summed E-state index contributed by atoms with van der Waals surface area (Å²) >= 11 is 4.76. The molecule has 4 nitrogen and oxygen atoms in total. The highest BCUT2D eigenvalue weighted by atomic mass is 79.9. The van der Waals surface area contributed by atoms with E-state index in [1.54, 1.807) is 0 Å². The van der Waals surface area contributed by atoms with Crippen LogP contribution in [0, 0.1) is 6.92 Å². The molecule has 0 bridgehead atoms. The number of hydrogen-bond donors (Lipinski definition) is 1. The maximum Gasteiger partial charge on any atom is 0.316 e. The molecular formula is C19H20BrNO3S. The molecule has 0 spiro atoms. The molecule has 2 aromatic carbocycles. The predicted octanol–water partition coefficient (Wildman–Crippen LogP) is 4.27. The highest BCUT2D eigenvalue weighted by molar-refractivity contribution is 9.10. The molecule has 6 heteroatoms. The van der Waals surface area contributed by atoms with Crippen molar-refractivity contribution in [1.29, 1.82) is 0 Å². The summed E-state index contributed by atoms with van der Waals surface area (Å²) in [7, 11) is 0. The van der Waals surface area contributed by atoms with Crippen molar-refractivity contribution < 1.29 is 14.3 Å². The fourth-order valence-electron chi connectivity index (χ4n) is 2.08. The van der Waals surface area contributed by atoms with Crippen LogP contribution in [-0.4, -0.2) is 24.2 Å². The zero-order valence-electron chi connectivity index (χ0n) is 14.1. The molecule has 0 aromatic heterocycles. The lowest BCUT2D eigenvalue weighted by molar-refractivity contribution is -0.146. The molecule has 1 atom stereocenters. The van der Waals surface area contributed by atoms with Crippen molar-refractivity contribution in [3.8, 4) is 0 Å². The molecule has 0 aliphatic carbocycles. The highest BCUT2D eigenvalue weighted by Gasteiger charge is 2.12. The summed E-state index contributed by atoms with van der Waals surface area (Å²) in [6, 6.07) is 15.4. The second-order valence-corrected chi connectivity index (χ2v) is 7.57. The Morgan fingerprint density at radius 3 is 2.40 bits per heavy atom. The van der Waals surface area contributed by atoms with Crippen molar-refractivity contribution in [3.05, 3.63) is 64.1 Å². The fourth-order valence-corrected chi connectivity index (χ4v) is 3.04. The summed E-state index contributed by atoms with van der Waals surface area (Å²) in [5, 5.41) is 2.81. The first-order valence-corrected chi connectivity index (χ1v) is 9.62. The van der Waals surface area contributed by atoms with E-state index in [0.717, 1.165) is 14.9 Å². The molecule has 0 fully saturated rings. The van der Waals surface area contributed by atoms with Crippen molar-refractivity contribution in [3.63, 3.8) is 0 Å². The molecule has 25 heavy (non-hydrogen) atoms. The molecule has 0 aliphatic heterocycles. The Balaban J connectivity index is 1.70. The van der Waals surface area contributed by atoms with Crippen molar-refractivity contribution in [2.75, 3.05) is 12.4 Å². The number of amides is 1. The van der Waals surface area contributed by atoms with Crippen LogP contribution in [0.25, 0.3) is 0 Å². The molecular weight excluding hydrogens is 402 g/mol. The molecule has 2 aromatic rings. The van der Waals surface area contributed by atoms with Gasteiger partial charge in [-0.05, 0) is 43.7 Å². The predicted molar refractivity (Wildman–Crippen MR) is 104 cm³/mol. The summed E-state index contributed by atoms with van der Waals surface area (Å²) in [6.45, 7) is 3.63. The molecule has 1 N–H and O–H groups in total. The topological polar surface area (TPSA) is 55.4 Å². The number of carbonyl (C=O) groups excluding carboxylic acids is 2. The standard InChI is InChI=1S/C19H20BrNO3S/c1-13-3-9-17(10-4-13)25-12-19(23)24-11-18(22)21-14(2)15-5-7-16(20)8-6-15/h3-10,14H,11-12H2,1-2H3,(H,21,22)/t14-/m0/s1. The van der Waals surface area contributed by atoms with Crippen molar-refractivity contribution in [2.24, 2.45) is 0 Å². The lowest BCUT2D eigenvalue weighted by Gasteiger charge is -2.14. The monoisotopic (exact) mass is 421 g/mol. The number of aryl methyl sites for hydroxylation is 1. The number of thioether (sulfide) groups is 1. The highest BCUT2D eigenvalue weighted by Crippen LogP contribution is 2.18. The van der Waals surface area contributed by atoms with Gasteiger partial charge >= 0.3 is 5.97 Å². The van der Waals surface area contributed by atoms with Crippen LogP contribution in [0.3, 0.4) is 0 Å². The first-order valence-electron chi connectivity index (χ1n) is 7.84. The Kier molecular flexibility index (Phi) is 7.52. The van der Waals surface area contributed by atoms with Crippen molar-refractivity contribution in [1.82, 2.24) is 5.32 Å². The van der Waals surface area contributed by atoms with Gasteiger partial charge in [0, 0.05) is 9.37 Å². The lowest BCUT2D eigenvalue weighted by Crippen LogP contribution is -2.31. The van der Waals surface area contributed by atoms with Gasteiger partial charge in [-0.15, -0.1) is 11.8 Å². The second-order valence-electron chi connectivity index (χ2n) is 5.60. The largest absolute Gasteiger partial charge is 0.455 e. The van der Waals surface area contributed by atoms with Crippen molar-refractivity contribution >= 4 is 39.6 Å². The van der Waals surface area contributed by atoms with Gasteiger partial charge in [-0.2, -0.15) is 0 Å². The van der Waals surface area contributed by atoms with Gasteiger partial charge in [0.15, 0.2) is 6.61 Å². The molecule has 132 valence electrons. The van der Waals surface area contributed by atoms with Crippen LogP contribution < -0.4 is 5.32 Å². The van der Waals surface area contributed by atoms with Gasteiger partial charge in [-0.1, -0.05) is 45.8 Å². The molecule has 0 saturated carbocycles. The first kappa shape index (κ1) is 19.5. The molecule has 2 rings (SSSR count). The Hall–Kier alpha value is -1.79. The van der Waals surface area contributed by atoms with Gasteiger partial charge < -0.3 is 10.1 Å². The first-order chi connectivity index (χ1) is 11.9. The quantitative estimate of drug-likeness (QED) is 0.535. The third-order valence-corrected chi connectivity index (χ3v) is 5.00. The Bertz CT molecular complexity index is 716. The number of ether oxygens (including phenoxy) is 1.